The van der Waals surface area contributed by atoms with Crippen LogP contribution in [-0.4, -0.2) is 9.79 Å². The second-order valence-electron chi connectivity index (χ2n) is 2.52. The Morgan fingerprint density at radius 1 is 1.23 bits per heavy atom. The molecule has 1 saturated carbocycles. The number of nitrogens with two attached hydrogens (primary N) is 1. The van der Waals surface area contributed by atoms with Crippen LogP contribution in [0.25, 0.3) is 0 Å². The van der Waals surface area contributed by atoms with Crippen LogP contribution in [0.2, 0.25) is 0 Å². The molecule has 1 aliphatic rings. The van der Waals surface area contributed by atoms with Crippen molar-refractivity contribution in [2.24, 2.45) is 5.90 Å². The molecule has 0 bridgehead atoms. The smallest absolute Gasteiger partial charge is 0.328 e. The second kappa shape index (κ2) is 9.62. The van der Waals surface area contributed by atoms with E-state index in [0.29, 0.717) is 0 Å². The van der Waals surface area contributed by atoms with Gasteiger partial charge in [0, 0.05) is 0 Å². The van der Waals surface area contributed by atoms with Crippen LogP contribution in [0.15, 0.2) is 0 Å². The minimum atomic E-state index is -4.37. The molecule has 0 aromatic rings. The monoisotopic (exact) mass is 219 g/mol. The van der Waals surface area contributed by atoms with Crippen LogP contribution in [0.4, 0.5) is 0 Å². The molecule has 0 aromatic heterocycles. The normalized spacial score (nSPS) is 16.5. The van der Waals surface area contributed by atoms with Gasteiger partial charge in [-0.2, -0.15) is 12.8 Å². The van der Waals surface area contributed by atoms with Crippen LogP contribution in [0.1, 0.15) is 32.1 Å². The minimum absolute atomic E-state index is 0. The Balaban J connectivity index is 0. The Morgan fingerprint density at radius 2 is 1.62 bits per heavy atom. The molecule has 7 heteroatoms. The topological polar surface area (TPSA) is 92.8 Å². The van der Waals surface area contributed by atoms with E-state index >= 15 is 0 Å². The summed E-state index contributed by atoms with van der Waals surface area (Å²) in [6, 6.07) is 0. The van der Waals surface area contributed by atoms with Gasteiger partial charge in [-0.1, -0.05) is 19.3 Å². The minimum Gasteiger partial charge on any atom is -0.328 e. The van der Waals surface area contributed by atoms with E-state index in [9.17, 15) is 4.57 Å². The van der Waals surface area contributed by atoms with Crippen LogP contribution in [-0.2, 0) is 9.19 Å². The Morgan fingerprint density at radius 3 is 1.69 bits per heavy atom. The Labute approximate surface area is 101 Å². The third kappa shape index (κ3) is 15.8. The quantitative estimate of drug-likeness (QED) is 0.208. The molecular weight excluding hydrogens is 204 g/mol. The molecular formula is C6H15NNaO4P. The molecule has 4 N–H and O–H groups in total. The van der Waals surface area contributed by atoms with Gasteiger partial charge >= 0.3 is 37.4 Å². The summed E-state index contributed by atoms with van der Waals surface area (Å²) in [6.45, 7) is 0. The third-order valence-electron chi connectivity index (χ3n) is 1.45. The maximum atomic E-state index is 9.35. The SMILES string of the molecule is NOP(=O)(O)O.[CH-]1CCCCC1.[Na+]. The number of hydrogen-bond donors (Lipinski definition) is 3. The predicted octanol–water partition coefficient (Wildman–Crippen LogP) is -1.87. The fraction of sp³-hybridized carbons (Fsp3) is 0.833. The fourth-order valence-electron chi connectivity index (χ4n) is 0.898. The summed E-state index contributed by atoms with van der Waals surface area (Å²) < 4.78 is 12.5. The van der Waals surface area contributed by atoms with Crippen LogP contribution >= 0.6 is 7.82 Å². The van der Waals surface area contributed by atoms with Crippen LogP contribution in [0, 0.1) is 6.42 Å². The standard InChI is InChI=1S/C6H11.H4NO4P.Na/c1-2-4-6-5-3-1;1-5-6(2,3)4;/h1H,2-6H2;1H2,(H2,2,3,4);/q-1;;+1. The van der Waals surface area contributed by atoms with E-state index in [4.69, 9.17) is 9.79 Å². The first-order chi connectivity index (χ1) is 5.56. The molecule has 0 aliphatic heterocycles. The molecule has 74 valence electrons. The number of phosphoric acid groups is 1. The molecule has 0 aromatic carbocycles. The van der Waals surface area contributed by atoms with Crippen LogP contribution in [0.5, 0.6) is 0 Å². The first-order valence-electron chi connectivity index (χ1n) is 3.82. The van der Waals surface area contributed by atoms with Gasteiger partial charge < -0.3 is 16.2 Å². The zero-order chi connectivity index (χ0) is 9.45. The molecule has 13 heavy (non-hydrogen) atoms. The molecule has 0 atom stereocenters. The van der Waals surface area contributed by atoms with Gasteiger partial charge in [-0.25, -0.2) is 15.1 Å². The molecule has 0 amide bonds. The zero-order valence-corrected chi connectivity index (χ0v) is 10.7. The van der Waals surface area contributed by atoms with Crippen molar-refractivity contribution in [3.05, 3.63) is 6.42 Å². The van der Waals surface area contributed by atoms with E-state index in [1.165, 1.54) is 32.1 Å². The summed E-state index contributed by atoms with van der Waals surface area (Å²) >= 11 is 0. The van der Waals surface area contributed by atoms with Crippen molar-refractivity contribution in [2.45, 2.75) is 32.1 Å². The van der Waals surface area contributed by atoms with Crippen LogP contribution in [0.3, 0.4) is 0 Å². The molecule has 0 heterocycles. The average Bonchev–Trinajstić information content (AvgIpc) is 2.07. The molecule has 0 saturated heterocycles. The van der Waals surface area contributed by atoms with Crippen molar-refractivity contribution >= 4 is 7.82 Å². The Hall–Kier alpha value is 1.07. The predicted molar refractivity (Wildman–Crippen MR) is 44.7 cm³/mol. The summed E-state index contributed by atoms with van der Waals surface area (Å²) in [4.78, 5) is 15.2. The van der Waals surface area contributed by atoms with Crippen molar-refractivity contribution in [1.29, 1.82) is 0 Å². The van der Waals surface area contributed by atoms with Crippen molar-refractivity contribution in [3.63, 3.8) is 0 Å². The summed E-state index contributed by atoms with van der Waals surface area (Å²) in [5, 5.41) is 0. The van der Waals surface area contributed by atoms with E-state index in [1.807, 2.05) is 0 Å². The van der Waals surface area contributed by atoms with Crippen molar-refractivity contribution in [3.8, 4) is 0 Å². The first-order valence-corrected chi connectivity index (χ1v) is 5.35. The van der Waals surface area contributed by atoms with Gasteiger partial charge in [0.05, 0.1) is 0 Å². The van der Waals surface area contributed by atoms with Gasteiger partial charge in [0.25, 0.3) is 0 Å². The molecule has 1 rings (SSSR count). The van der Waals surface area contributed by atoms with Gasteiger partial charge in [-0.05, 0) is 0 Å². The Kier molecular flexibility index (Phi) is 12.2. The van der Waals surface area contributed by atoms with Crippen molar-refractivity contribution in [2.75, 3.05) is 0 Å². The summed E-state index contributed by atoms with van der Waals surface area (Å²) in [5.41, 5.74) is 0. The molecule has 0 unspecified atom stereocenters. The summed E-state index contributed by atoms with van der Waals surface area (Å²) in [7, 11) is -4.37. The average molecular weight is 219 g/mol. The summed E-state index contributed by atoms with van der Waals surface area (Å²) in [6.07, 6.45) is 9.50. The van der Waals surface area contributed by atoms with Gasteiger partial charge in [0.15, 0.2) is 0 Å². The van der Waals surface area contributed by atoms with Gasteiger partial charge in [0.2, 0.25) is 0 Å². The molecule has 0 radical (unpaired) electrons. The van der Waals surface area contributed by atoms with Gasteiger partial charge in [0.1, 0.15) is 0 Å². The van der Waals surface area contributed by atoms with Gasteiger partial charge in [-0.3, -0.25) is 0 Å². The Bertz CT molecular complexity index is 136. The van der Waals surface area contributed by atoms with Gasteiger partial charge in [-0.15, -0.1) is 0 Å². The van der Waals surface area contributed by atoms with E-state index in [-0.39, 0.29) is 29.6 Å². The molecule has 5 nitrogen and oxygen atoms in total. The van der Waals surface area contributed by atoms with E-state index in [0.717, 1.165) is 0 Å². The fourth-order valence-corrected chi connectivity index (χ4v) is 0.898. The van der Waals surface area contributed by atoms with E-state index in [1.54, 1.807) is 0 Å². The molecule has 1 fully saturated rings. The maximum Gasteiger partial charge on any atom is 1.00 e. The van der Waals surface area contributed by atoms with Crippen LogP contribution < -0.4 is 35.5 Å². The van der Waals surface area contributed by atoms with E-state index in [2.05, 4.69) is 16.9 Å². The zero-order valence-electron chi connectivity index (χ0n) is 7.85. The largest absolute Gasteiger partial charge is 1.00 e. The maximum absolute atomic E-state index is 9.35. The number of hydrogen-bond acceptors (Lipinski definition) is 3. The van der Waals surface area contributed by atoms with Crippen molar-refractivity contribution in [1.82, 2.24) is 0 Å². The molecule has 1 aliphatic carbocycles. The number of rotatable bonds is 1. The van der Waals surface area contributed by atoms with E-state index < -0.39 is 7.82 Å². The molecule has 0 spiro atoms. The first kappa shape index (κ1) is 16.5. The second-order valence-corrected chi connectivity index (χ2v) is 3.71. The third-order valence-corrected chi connectivity index (χ3v) is 1.73. The van der Waals surface area contributed by atoms with Crippen molar-refractivity contribution < 1.29 is 48.5 Å². The summed E-state index contributed by atoms with van der Waals surface area (Å²) in [5.74, 6) is 4.04.